The van der Waals surface area contributed by atoms with Gasteiger partial charge in [0.1, 0.15) is 0 Å². The Morgan fingerprint density at radius 2 is 1.81 bits per heavy atom. The van der Waals surface area contributed by atoms with Crippen LogP contribution in [0.25, 0.3) is 16.6 Å². The molecule has 0 bridgehead atoms. The maximum absolute atomic E-state index is 13.1. The number of benzene rings is 2. The number of nitrogens with zero attached hydrogens (tertiary/aromatic N) is 2. The van der Waals surface area contributed by atoms with Crippen molar-refractivity contribution < 1.29 is 4.79 Å². The smallest absolute Gasteiger partial charge is 0.266 e. The number of hydrogen-bond acceptors (Lipinski definition) is 4. The second-order valence-corrected chi connectivity index (χ2v) is 7.73. The van der Waals surface area contributed by atoms with E-state index < -0.39 is 5.25 Å². The summed E-state index contributed by atoms with van der Waals surface area (Å²) in [5, 5.41) is 4.08. The van der Waals surface area contributed by atoms with Crippen molar-refractivity contribution >= 4 is 51.8 Å². The molecule has 3 aromatic rings. The first-order valence-corrected chi connectivity index (χ1v) is 9.41. The number of carbonyl (C=O) groups excluding carboxylic acids is 1. The number of amides is 1. The molecule has 8 heteroatoms. The molecule has 0 spiro atoms. The monoisotopic (exact) mass is 407 g/mol. The molecular weight excluding hydrogens is 393 g/mol. The molecule has 0 aliphatic rings. The van der Waals surface area contributed by atoms with Gasteiger partial charge in [-0.15, -0.1) is 0 Å². The largest absolute Gasteiger partial charge is 0.358 e. The molecule has 134 valence electrons. The molecule has 1 heterocycles. The molecule has 0 aliphatic carbocycles. The Morgan fingerprint density at radius 1 is 1.15 bits per heavy atom. The predicted octanol–water partition coefficient (Wildman–Crippen LogP) is 3.92. The van der Waals surface area contributed by atoms with E-state index in [1.807, 2.05) is 0 Å². The molecular formula is C18H15Cl2N3O2S. The quantitative estimate of drug-likeness (QED) is 0.525. The molecule has 1 unspecified atom stereocenters. The molecule has 0 saturated carbocycles. The standard InChI is InChI=1S/C18H15Cl2N3O2S/c1-10(16(24)21-2)26-18-22-15-9-12(20)5-8-14(15)17(25)23(18)13-6-3-11(19)4-7-13/h3-10H,1-2H3,(H,21,24). The first-order valence-electron chi connectivity index (χ1n) is 7.77. The molecule has 3 rings (SSSR count). The second kappa shape index (κ2) is 7.70. The van der Waals surface area contributed by atoms with E-state index in [1.54, 1.807) is 56.4 Å². The molecule has 26 heavy (non-hydrogen) atoms. The summed E-state index contributed by atoms with van der Waals surface area (Å²) in [5.41, 5.74) is 0.871. The summed E-state index contributed by atoms with van der Waals surface area (Å²) < 4.78 is 1.48. The van der Waals surface area contributed by atoms with Crippen molar-refractivity contribution in [3.63, 3.8) is 0 Å². The number of rotatable bonds is 4. The van der Waals surface area contributed by atoms with Crippen LogP contribution >= 0.6 is 35.0 Å². The minimum absolute atomic E-state index is 0.155. The summed E-state index contributed by atoms with van der Waals surface area (Å²) in [7, 11) is 1.57. The summed E-state index contributed by atoms with van der Waals surface area (Å²) in [5.74, 6) is -0.155. The normalized spacial score (nSPS) is 12.2. The van der Waals surface area contributed by atoms with Crippen LogP contribution in [0.5, 0.6) is 0 Å². The fraction of sp³-hybridized carbons (Fsp3) is 0.167. The molecule has 0 aliphatic heterocycles. The van der Waals surface area contributed by atoms with Crippen LogP contribution in [0.1, 0.15) is 6.92 Å². The third-order valence-corrected chi connectivity index (χ3v) is 5.32. The summed E-state index contributed by atoms with van der Waals surface area (Å²) in [4.78, 5) is 29.6. The number of fused-ring (bicyclic) bond motifs is 1. The SMILES string of the molecule is CNC(=O)C(C)Sc1nc2cc(Cl)ccc2c(=O)n1-c1ccc(Cl)cc1. The Hall–Kier alpha value is -2.02. The molecule has 1 atom stereocenters. The highest BCUT2D eigenvalue weighted by Crippen LogP contribution is 2.26. The van der Waals surface area contributed by atoms with Gasteiger partial charge in [0, 0.05) is 17.1 Å². The second-order valence-electron chi connectivity index (χ2n) is 5.55. The highest BCUT2D eigenvalue weighted by Gasteiger charge is 2.19. The fourth-order valence-corrected chi connectivity index (χ4v) is 3.73. The van der Waals surface area contributed by atoms with Crippen molar-refractivity contribution in [3.05, 3.63) is 62.9 Å². The van der Waals surface area contributed by atoms with Gasteiger partial charge in [0.15, 0.2) is 5.16 Å². The maximum Gasteiger partial charge on any atom is 0.266 e. The van der Waals surface area contributed by atoms with Crippen LogP contribution in [0.4, 0.5) is 0 Å². The van der Waals surface area contributed by atoms with E-state index in [4.69, 9.17) is 23.2 Å². The average Bonchev–Trinajstić information content (AvgIpc) is 2.62. The summed E-state index contributed by atoms with van der Waals surface area (Å²) >= 11 is 13.2. The van der Waals surface area contributed by atoms with Gasteiger partial charge in [-0.1, -0.05) is 35.0 Å². The molecule has 0 fully saturated rings. The number of hydrogen-bond donors (Lipinski definition) is 1. The van der Waals surface area contributed by atoms with Gasteiger partial charge in [0.05, 0.1) is 21.8 Å². The van der Waals surface area contributed by atoms with E-state index in [0.29, 0.717) is 31.8 Å². The first-order chi connectivity index (χ1) is 12.4. The van der Waals surface area contributed by atoms with Gasteiger partial charge in [-0.25, -0.2) is 4.98 Å². The number of nitrogens with one attached hydrogen (secondary N) is 1. The average molecular weight is 408 g/mol. The van der Waals surface area contributed by atoms with Crippen molar-refractivity contribution in [2.75, 3.05) is 7.05 Å². The van der Waals surface area contributed by atoms with Crippen molar-refractivity contribution in [1.82, 2.24) is 14.9 Å². The Bertz CT molecular complexity index is 1040. The molecule has 5 nitrogen and oxygen atoms in total. The Kier molecular flexibility index (Phi) is 5.55. The Morgan fingerprint density at radius 3 is 2.46 bits per heavy atom. The van der Waals surface area contributed by atoms with E-state index in [9.17, 15) is 9.59 Å². The lowest BCUT2D eigenvalue weighted by Gasteiger charge is -2.16. The molecule has 1 N–H and O–H groups in total. The molecule has 1 amide bonds. The Balaban J connectivity index is 2.25. The van der Waals surface area contributed by atoms with E-state index >= 15 is 0 Å². The van der Waals surface area contributed by atoms with Crippen LogP contribution < -0.4 is 10.9 Å². The molecule has 0 saturated heterocycles. The van der Waals surface area contributed by atoms with Crippen LogP contribution in [0, 0.1) is 0 Å². The predicted molar refractivity (Wildman–Crippen MR) is 107 cm³/mol. The zero-order valence-electron chi connectivity index (χ0n) is 14.0. The number of carbonyl (C=O) groups is 1. The summed E-state index contributed by atoms with van der Waals surface area (Å²) in [6.07, 6.45) is 0. The number of aromatic nitrogens is 2. The van der Waals surface area contributed by atoms with Gasteiger partial charge < -0.3 is 5.32 Å². The van der Waals surface area contributed by atoms with Gasteiger partial charge in [0.2, 0.25) is 5.91 Å². The zero-order valence-corrected chi connectivity index (χ0v) is 16.3. The highest BCUT2D eigenvalue weighted by atomic mass is 35.5. The van der Waals surface area contributed by atoms with Gasteiger partial charge in [-0.05, 0) is 49.4 Å². The van der Waals surface area contributed by atoms with Crippen LogP contribution in [-0.2, 0) is 4.79 Å². The number of thioether (sulfide) groups is 1. The van der Waals surface area contributed by atoms with Gasteiger partial charge in [-0.2, -0.15) is 0 Å². The summed E-state index contributed by atoms with van der Waals surface area (Å²) in [6, 6.07) is 11.8. The van der Waals surface area contributed by atoms with E-state index in [2.05, 4.69) is 10.3 Å². The lowest BCUT2D eigenvalue weighted by atomic mass is 10.2. The lowest BCUT2D eigenvalue weighted by molar-refractivity contribution is -0.119. The third-order valence-electron chi connectivity index (χ3n) is 3.78. The van der Waals surface area contributed by atoms with Crippen LogP contribution in [0.15, 0.2) is 52.4 Å². The topological polar surface area (TPSA) is 64.0 Å². The minimum atomic E-state index is -0.429. The zero-order chi connectivity index (χ0) is 18.8. The third kappa shape index (κ3) is 3.72. The van der Waals surface area contributed by atoms with E-state index in [0.717, 1.165) is 0 Å². The van der Waals surface area contributed by atoms with Crippen LogP contribution in [-0.4, -0.2) is 27.8 Å². The van der Waals surface area contributed by atoms with E-state index in [1.165, 1.54) is 16.3 Å². The van der Waals surface area contributed by atoms with Crippen LogP contribution in [0.3, 0.4) is 0 Å². The Labute approximate surface area is 164 Å². The van der Waals surface area contributed by atoms with E-state index in [-0.39, 0.29) is 11.5 Å². The molecule has 1 aromatic heterocycles. The first kappa shape index (κ1) is 18.8. The van der Waals surface area contributed by atoms with Crippen molar-refractivity contribution in [3.8, 4) is 5.69 Å². The van der Waals surface area contributed by atoms with Gasteiger partial charge >= 0.3 is 0 Å². The lowest BCUT2D eigenvalue weighted by Crippen LogP contribution is -2.29. The highest BCUT2D eigenvalue weighted by molar-refractivity contribution is 8.00. The van der Waals surface area contributed by atoms with Crippen molar-refractivity contribution in [2.24, 2.45) is 0 Å². The van der Waals surface area contributed by atoms with Gasteiger partial charge in [0.25, 0.3) is 5.56 Å². The minimum Gasteiger partial charge on any atom is -0.358 e. The van der Waals surface area contributed by atoms with Crippen molar-refractivity contribution in [2.45, 2.75) is 17.3 Å². The summed E-state index contributed by atoms with van der Waals surface area (Å²) in [6.45, 7) is 1.75. The van der Waals surface area contributed by atoms with Crippen LogP contribution in [0.2, 0.25) is 10.0 Å². The fourth-order valence-electron chi connectivity index (χ4n) is 2.45. The molecule has 0 radical (unpaired) electrons. The molecule has 2 aromatic carbocycles. The number of halogens is 2. The van der Waals surface area contributed by atoms with Crippen molar-refractivity contribution in [1.29, 1.82) is 0 Å². The van der Waals surface area contributed by atoms with Gasteiger partial charge in [-0.3, -0.25) is 14.2 Å². The maximum atomic E-state index is 13.1.